The highest BCUT2D eigenvalue weighted by molar-refractivity contribution is 6.03. The third-order valence-corrected chi connectivity index (χ3v) is 8.21. The number of anilines is 1. The Labute approximate surface area is 219 Å². The van der Waals surface area contributed by atoms with Gasteiger partial charge in [0.2, 0.25) is 17.7 Å². The molecule has 3 heterocycles. The summed E-state index contributed by atoms with van der Waals surface area (Å²) in [7, 11) is 0. The predicted molar refractivity (Wildman–Crippen MR) is 142 cm³/mol. The molecular formula is C29H39N3O5. The number of para-hydroxylation sites is 1. The topological polar surface area (TPSA) is 90.4 Å². The third kappa shape index (κ3) is 4.30. The number of amides is 3. The fourth-order valence-electron chi connectivity index (χ4n) is 6.64. The van der Waals surface area contributed by atoms with E-state index in [9.17, 15) is 19.5 Å². The van der Waals surface area contributed by atoms with Crippen LogP contribution < -0.4 is 4.90 Å². The summed E-state index contributed by atoms with van der Waals surface area (Å²) in [5, 5.41) is 9.54. The van der Waals surface area contributed by atoms with Crippen LogP contribution in [0.4, 0.5) is 5.69 Å². The Balaban J connectivity index is 1.79. The van der Waals surface area contributed by atoms with Crippen molar-refractivity contribution in [1.82, 2.24) is 9.80 Å². The Kier molecular flexibility index (Phi) is 7.62. The summed E-state index contributed by atoms with van der Waals surface area (Å²) in [5.41, 5.74) is -1.24. The van der Waals surface area contributed by atoms with E-state index >= 15 is 0 Å². The molecule has 2 bridgehead atoms. The van der Waals surface area contributed by atoms with Crippen molar-refractivity contribution in [3.8, 4) is 0 Å². The molecule has 2 unspecified atom stereocenters. The first-order chi connectivity index (χ1) is 17.7. The van der Waals surface area contributed by atoms with Crippen LogP contribution in [0, 0.1) is 11.8 Å². The monoisotopic (exact) mass is 509 g/mol. The average molecular weight is 510 g/mol. The number of aliphatic hydroxyl groups excluding tert-OH is 1. The molecule has 4 rings (SSSR count). The van der Waals surface area contributed by atoms with Gasteiger partial charge < -0.3 is 24.5 Å². The summed E-state index contributed by atoms with van der Waals surface area (Å²) in [5.74, 6) is -2.17. The van der Waals surface area contributed by atoms with E-state index in [0.29, 0.717) is 32.4 Å². The molecular weight excluding hydrogens is 470 g/mol. The molecule has 3 fully saturated rings. The van der Waals surface area contributed by atoms with Crippen LogP contribution in [0.5, 0.6) is 0 Å². The minimum atomic E-state index is -1.09. The van der Waals surface area contributed by atoms with E-state index in [1.165, 1.54) is 0 Å². The van der Waals surface area contributed by atoms with Crippen LogP contribution in [0.25, 0.3) is 0 Å². The van der Waals surface area contributed by atoms with E-state index in [2.05, 4.69) is 13.2 Å². The fourth-order valence-corrected chi connectivity index (χ4v) is 6.64. The van der Waals surface area contributed by atoms with Crippen molar-refractivity contribution in [1.29, 1.82) is 0 Å². The summed E-state index contributed by atoms with van der Waals surface area (Å²) < 4.78 is 6.72. The zero-order valence-corrected chi connectivity index (χ0v) is 22.1. The number of fused-ring (bicyclic) bond motifs is 1. The van der Waals surface area contributed by atoms with Gasteiger partial charge in [0.15, 0.2) is 0 Å². The van der Waals surface area contributed by atoms with Gasteiger partial charge in [-0.05, 0) is 52.2 Å². The lowest BCUT2D eigenvalue weighted by Crippen LogP contribution is -2.57. The minimum absolute atomic E-state index is 0.106. The largest absolute Gasteiger partial charge is 0.396 e. The van der Waals surface area contributed by atoms with Crippen LogP contribution in [-0.4, -0.2) is 82.2 Å². The van der Waals surface area contributed by atoms with Gasteiger partial charge in [0, 0.05) is 38.0 Å². The lowest BCUT2D eigenvalue weighted by atomic mass is 9.66. The van der Waals surface area contributed by atoms with Gasteiger partial charge in [-0.15, -0.1) is 13.2 Å². The highest BCUT2D eigenvalue weighted by atomic mass is 16.5. The second kappa shape index (κ2) is 10.4. The molecule has 3 aliphatic heterocycles. The standard InChI is InChI=1S/C29H39N3O5/c1-6-16-30(20(3)4)27(36)24-29-15-14-28(5,37-29)22(23(29)26(35)32(24)18-11-19-33)25(34)31(17-7-2)21-12-9-8-10-13-21/h6-10,12-13,20,22-24,33H,1-2,11,14-19H2,3-5H3/t22-,23-,24?,28+,29?/m0/s1. The van der Waals surface area contributed by atoms with E-state index in [1.807, 2.05) is 51.1 Å². The summed E-state index contributed by atoms with van der Waals surface area (Å²) in [6.45, 7) is 14.1. The van der Waals surface area contributed by atoms with E-state index in [-0.39, 0.29) is 36.9 Å². The summed E-state index contributed by atoms with van der Waals surface area (Å²) in [4.78, 5) is 47.3. The first-order valence-corrected chi connectivity index (χ1v) is 13.2. The van der Waals surface area contributed by atoms with Crippen LogP contribution in [0.1, 0.15) is 40.0 Å². The highest BCUT2D eigenvalue weighted by Crippen LogP contribution is 2.63. The predicted octanol–water partition coefficient (Wildman–Crippen LogP) is 2.78. The van der Waals surface area contributed by atoms with Crippen LogP contribution in [0.2, 0.25) is 0 Å². The summed E-state index contributed by atoms with van der Waals surface area (Å²) >= 11 is 0. The van der Waals surface area contributed by atoms with Crippen molar-refractivity contribution >= 4 is 23.4 Å². The Morgan fingerprint density at radius 2 is 1.84 bits per heavy atom. The summed E-state index contributed by atoms with van der Waals surface area (Å²) in [6, 6.07) is 8.37. The molecule has 1 aromatic carbocycles. The SMILES string of the molecule is C=CCN(C(=O)[C@@H]1[C@H]2C(=O)N(CCCO)C(C(=O)N(CC=C)C(C)C)C23CC[C@@]1(C)O3)c1ccccc1. The second-order valence-electron chi connectivity index (χ2n) is 10.8. The molecule has 1 N–H and O–H groups in total. The second-order valence-corrected chi connectivity index (χ2v) is 10.8. The van der Waals surface area contributed by atoms with E-state index < -0.39 is 29.1 Å². The highest BCUT2D eigenvalue weighted by Gasteiger charge is 2.78. The van der Waals surface area contributed by atoms with Gasteiger partial charge in [-0.25, -0.2) is 0 Å². The molecule has 8 heteroatoms. The maximum absolute atomic E-state index is 14.2. The molecule has 3 amide bonds. The molecule has 1 aromatic rings. The van der Waals surface area contributed by atoms with Crippen molar-refractivity contribution < 1.29 is 24.2 Å². The molecule has 0 radical (unpaired) electrons. The van der Waals surface area contributed by atoms with E-state index in [0.717, 1.165) is 5.69 Å². The molecule has 0 saturated carbocycles. The third-order valence-electron chi connectivity index (χ3n) is 8.21. The van der Waals surface area contributed by atoms with E-state index in [1.54, 1.807) is 26.9 Å². The quantitative estimate of drug-likeness (QED) is 0.464. The zero-order chi connectivity index (χ0) is 27.0. The van der Waals surface area contributed by atoms with Crippen LogP contribution in [0.15, 0.2) is 55.6 Å². The first-order valence-electron chi connectivity index (χ1n) is 13.2. The molecule has 0 aromatic heterocycles. The minimum Gasteiger partial charge on any atom is -0.396 e. The van der Waals surface area contributed by atoms with Crippen molar-refractivity contribution in [2.24, 2.45) is 11.8 Å². The van der Waals surface area contributed by atoms with Gasteiger partial charge in [-0.2, -0.15) is 0 Å². The van der Waals surface area contributed by atoms with Crippen LogP contribution >= 0.6 is 0 Å². The lowest BCUT2D eigenvalue weighted by Gasteiger charge is -2.38. The smallest absolute Gasteiger partial charge is 0.248 e. The normalized spacial score (nSPS) is 29.9. The van der Waals surface area contributed by atoms with Crippen molar-refractivity contribution in [2.75, 3.05) is 31.1 Å². The van der Waals surface area contributed by atoms with Crippen molar-refractivity contribution in [2.45, 2.75) is 63.3 Å². The number of nitrogens with zero attached hydrogens (tertiary/aromatic N) is 3. The molecule has 200 valence electrons. The number of hydrogen-bond acceptors (Lipinski definition) is 5. The zero-order valence-electron chi connectivity index (χ0n) is 22.1. The van der Waals surface area contributed by atoms with Gasteiger partial charge in [-0.3, -0.25) is 14.4 Å². The van der Waals surface area contributed by atoms with Gasteiger partial charge in [0.1, 0.15) is 11.6 Å². The maximum Gasteiger partial charge on any atom is 0.248 e. The first kappa shape index (κ1) is 27.1. The Bertz CT molecular complexity index is 1060. The van der Waals surface area contributed by atoms with Crippen molar-refractivity contribution in [3.05, 3.63) is 55.6 Å². The number of likely N-dealkylation sites (tertiary alicyclic amines) is 1. The Hall–Kier alpha value is -2.97. The molecule has 5 atom stereocenters. The fraction of sp³-hybridized carbons (Fsp3) is 0.552. The summed E-state index contributed by atoms with van der Waals surface area (Å²) in [6.07, 6.45) is 4.77. The molecule has 8 nitrogen and oxygen atoms in total. The number of hydrogen-bond donors (Lipinski definition) is 1. The number of carbonyl (C=O) groups excluding carboxylic acids is 3. The van der Waals surface area contributed by atoms with E-state index in [4.69, 9.17) is 4.74 Å². The Morgan fingerprint density at radius 3 is 2.43 bits per heavy atom. The number of ether oxygens (including phenoxy) is 1. The molecule has 3 saturated heterocycles. The van der Waals surface area contributed by atoms with Crippen LogP contribution in [-0.2, 0) is 19.1 Å². The lowest BCUT2D eigenvalue weighted by molar-refractivity contribution is -0.152. The molecule has 3 aliphatic rings. The van der Waals surface area contributed by atoms with Gasteiger partial charge >= 0.3 is 0 Å². The molecule has 0 aliphatic carbocycles. The maximum atomic E-state index is 14.2. The Morgan fingerprint density at radius 1 is 1.16 bits per heavy atom. The molecule has 37 heavy (non-hydrogen) atoms. The van der Waals surface area contributed by atoms with Crippen LogP contribution in [0.3, 0.4) is 0 Å². The number of benzene rings is 1. The van der Waals surface area contributed by atoms with Crippen molar-refractivity contribution in [3.63, 3.8) is 0 Å². The van der Waals surface area contributed by atoms with Gasteiger partial charge in [0.05, 0.1) is 17.4 Å². The molecule has 1 spiro atoms. The number of carbonyl (C=O) groups is 3. The number of rotatable bonds is 11. The average Bonchev–Trinajstić information content (AvgIpc) is 3.44. The number of aliphatic hydroxyl groups is 1. The van der Waals surface area contributed by atoms with Gasteiger partial charge in [0.25, 0.3) is 0 Å². The van der Waals surface area contributed by atoms with Gasteiger partial charge in [-0.1, -0.05) is 30.4 Å².